The molecular weight excluding hydrogens is 491 g/mol. The molecule has 2 aliphatic rings. The van der Waals surface area contributed by atoms with Crippen molar-refractivity contribution in [2.75, 3.05) is 13.1 Å². The van der Waals surface area contributed by atoms with Crippen molar-refractivity contribution in [1.29, 1.82) is 0 Å². The highest BCUT2D eigenvalue weighted by molar-refractivity contribution is 6.35. The minimum atomic E-state index is 0.326. The second-order valence-corrected chi connectivity index (χ2v) is 10.9. The van der Waals surface area contributed by atoms with Gasteiger partial charge in [-0.25, -0.2) is 4.98 Å². The van der Waals surface area contributed by atoms with Crippen LogP contribution in [0.25, 0.3) is 11.0 Å². The number of para-hydroxylation sites is 2. The van der Waals surface area contributed by atoms with Gasteiger partial charge in [0.1, 0.15) is 5.82 Å². The van der Waals surface area contributed by atoms with Crippen LogP contribution in [-0.4, -0.2) is 37.9 Å². The van der Waals surface area contributed by atoms with Crippen LogP contribution in [0.2, 0.25) is 10.0 Å². The monoisotopic (exact) mass is 520 g/mol. The van der Waals surface area contributed by atoms with Gasteiger partial charge >= 0.3 is 0 Å². The number of imidazole rings is 1. The van der Waals surface area contributed by atoms with Gasteiger partial charge in [-0.1, -0.05) is 41.4 Å². The van der Waals surface area contributed by atoms with Crippen LogP contribution in [0.4, 0.5) is 0 Å². The molecule has 1 saturated carbocycles. The van der Waals surface area contributed by atoms with Crippen molar-refractivity contribution in [2.24, 2.45) is 11.8 Å². The minimum Gasteiger partial charge on any atom is -0.341 e. The molecule has 0 saturated heterocycles. The summed E-state index contributed by atoms with van der Waals surface area (Å²) in [5.41, 5.74) is 5.68. The lowest BCUT2D eigenvalue weighted by Gasteiger charge is -2.34. The summed E-state index contributed by atoms with van der Waals surface area (Å²) in [6, 6.07) is 12.9. The summed E-state index contributed by atoms with van der Waals surface area (Å²) in [6.45, 7) is 3.46. The second kappa shape index (κ2) is 10.5. The molecule has 1 aromatic carbocycles. The van der Waals surface area contributed by atoms with Crippen molar-refractivity contribution < 1.29 is 0 Å². The number of aromatic nitrogens is 4. The molecule has 0 bridgehead atoms. The molecule has 0 aliphatic heterocycles. The molecule has 6 nitrogen and oxygen atoms in total. The van der Waals surface area contributed by atoms with Crippen LogP contribution in [0.3, 0.4) is 0 Å². The zero-order valence-electron chi connectivity index (χ0n) is 20.1. The van der Waals surface area contributed by atoms with E-state index in [0.29, 0.717) is 34.5 Å². The fourth-order valence-electron chi connectivity index (χ4n) is 5.59. The number of nitrogens with zero attached hydrogens (tertiary/aromatic N) is 4. The smallest absolute Gasteiger partial charge is 0.121 e. The first-order valence-electron chi connectivity index (χ1n) is 12.8. The van der Waals surface area contributed by atoms with Gasteiger partial charge in [0.25, 0.3) is 0 Å². The molecule has 8 heteroatoms. The predicted octanol–water partition coefficient (Wildman–Crippen LogP) is 5.97. The molecule has 6 rings (SSSR count). The molecule has 4 aromatic rings. The fraction of sp³-hybridized carbons (Fsp3) is 0.393. The van der Waals surface area contributed by atoms with E-state index in [1.54, 1.807) is 12.4 Å². The molecule has 0 unspecified atom stereocenters. The van der Waals surface area contributed by atoms with Crippen molar-refractivity contribution in [2.45, 2.75) is 44.8 Å². The van der Waals surface area contributed by atoms with Gasteiger partial charge in [-0.15, -0.1) is 0 Å². The van der Waals surface area contributed by atoms with Gasteiger partial charge < -0.3 is 10.3 Å². The van der Waals surface area contributed by atoms with Crippen molar-refractivity contribution in [3.8, 4) is 0 Å². The van der Waals surface area contributed by atoms with E-state index in [2.05, 4.69) is 50.5 Å². The molecule has 0 amide bonds. The van der Waals surface area contributed by atoms with Crippen LogP contribution >= 0.6 is 23.2 Å². The van der Waals surface area contributed by atoms with Gasteiger partial charge in [-0.3, -0.25) is 14.9 Å². The van der Waals surface area contributed by atoms with E-state index in [4.69, 9.17) is 33.2 Å². The number of hydrogen-bond acceptors (Lipinski definition) is 5. The van der Waals surface area contributed by atoms with Gasteiger partial charge in [-0.05, 0) is 67.8 Å². The normalized spacial score (nSPS) is 21.1. The Morgan fingerprint density at radius 3 is 2.78 bits per heavy atom. The predicted molar refractivity (Wildman–Crippen MR) is 144 cm³/mol. The van der Waals surface area contributed by atoms with Crippen LogP contribution in [0.15, 0.2) is 55.0 Å². The Hall–Kier alpha value is -2.51. The quantitative estimate of drug-likeness (QED) is 0.284. The van der Waals surface area contributed by atoms with E-state index in [1.165, 1.54) is 24.1 Å². The Balaban J connectivity index is 1.15. The second-order valence-electron chi connectivity index (χ2n) is 10.1. The van der Waals surface area contributed by atoms with E-state index in [-0.39, 0.29) is 0 Å². The Labute approximate surface area is 221 Å². The van der Waals surface area contributed by atoms with E-state index in [9.17, 15) is 0 Å². The topological polar surface area (TPSA) is 69.7 Å². The summed E-state index contributed by atoms with van der Waals surface area (Å²) >= 11 is 12.6. The van der Waals surface area contributed by atoms with E-state index >= 15 is 0 Å². The highest BCUT2D eigenvalue weighted by atomic mass is 35.5. The molecule has 3 heterocycles. The van der Waals surface area contributed by atoms with Gasteiger partial charge in [0.05, 0.1) is 39.4 Å². The number of fused-ring (bicyclic) bond motifs is 2. The molecule has 3 atom stereocenters. The molecule has 0 radical (unpaired) electrons. The van der Waals surface area contributed by atoms with E-state index in [0.717, 1.165) is 54.9 Å². The summed E-state index contributed by atoms with van der Waals surface area (Å²) in [6.07, 6.45) is 9.92. The summed E-state index contributed by atoms with van der Waals surface area (Å²) in [5.74, 6) is 2.32. The van der Waals surface area contributed by atoms with Crippen LogP contribution in [0, 0.1) is 11.8 Å². The summed E-state index contributed by atoms with van der Waals surface area (Å²) < 4.78 is 0. The van der Waals surface area contributed by atoms with Crippen molar-refractivity contribution in [3.63, 3.8) is 0 Å². The number of halogens is 2. The average Bonchev–Trinajstić information content (AvgIpc) is 3.49. The lowest BCUT2D eigenvalue weighted by molar-refractivity contribution is 0.152. The molecule has 36 heavy (non-hydrogen) atoms. The third kappa shape index (κ3) is 5.14. The zero-order valence-corrected chi connectivity index (χ0v) is 21.6. The Bertz CT molecular complexity index is 1300. The fourth-order valence-corrected chi connectivity index (χ4v) is 6.09. The molecule has 3 aromatic heterocycles. The number of aromatic amines is 1. The summed E-state index contributed by atoms with van der Waals surface area (Å²) in [4.78, 5) is 19.9. The maximum Gasteiger partial charge on any atom is 0.121 e. The summed E-state index contributed by atoms with van der Waals surface area (Å²) in [5, 5.41) is 4.79. The molecule has 0 spiro atoms. The number of rotatable bonds is 9. The van der Waals surface area contributed by atoms with E-state index in [1.807, 2.05) is 12.3 Å². The molecule has 2 N–H and O–H groups in total. The highest BCUT2D eigenvalue weighted by Gasteiger charge is 2.40. The van der Waals surface area contributed by atoms with E-state index < -0.39 is 0 Å². The standard InChI is InChI=1S/C28H30Cl2N6/c29-22-14-32-15-23(30)21(22)13-31-12-19-11-20(19)16-36(17-27-34-24-7-1-2-8-25(24)35-27)26-9-3-5-18-6-4-10-33-28(18)26/h1-2,4,6-8,10,14-15,19-20,26,31H,3,5,9,11-13,16-17H2,(H,34,35)/t19-,20+,26-/m0/s1. The van der Waals surface area contributed by atoms with Crippen LogP contribution in [0.5, 0.6) is 0 Å². The third-order valence-electron chi connectivity index (χ3n) is 7.60. The molecular formula is C28H30Cl2N6. The van der Waals surface area contributed by atoms with Crippen LogP contribution < -0.4 is 5.32 Å². The summed E-state index contributed by atoms with van der Waals surface area (Å²) in [7, 11) is 0. The molecule has 1 fully saturated rings. The Kier molecular flexibility index (Phi) is 6.94. The number of benzene rings is 1. The van der Waals surface area contributed by atoms with Crippen molar-refractivity contribution in [1.82, 2.24) is 30.2 Å². The first-order chi connectivity index (χ1) is 17.7. The maximum atomic E-state index is 6.28. The largest absolute Gasteiger partial charge is 0.341 e. The van der Waals surface area contributed by atoms with Gasteiger partial charge in [0, 0.05) is 37.2 Å². The first-order valence-corrected chi connectivity index (χ1v) is 13.5. The number of H-pyrrole nitrogens is 1. The highest BCUT2D eigenvalue weighted by Crippen LogP contribution is 2.42. The lowest BCUT2D eigenvalue weighted by atomic mass is 9.90. The molecule has 186 valence electrons. The minimum absolute atomic E-state index is 0.326. The first kappa shape index (κ1) is 23.9. The molecule has 2 aliphatic carbocycles. The maximum absolute atomic E-state index is 6.28. The SMILES string of the molecule is Clc1cncc(Cl)c1CNC[C@@H]1C[C@@H]1CN(Cc1nc2ccccc2[nH]1)[C@H]1CCCc2cccnc21. The van der Waals surface area contributed by atoms with Crippen LogP contribution in [-0.2, 0) is 19.5 Å². The average molecular weight is 521 g/mol. The Morgan fingerprint density at radius 1 is 1.06 bits per heavy atom. The Morgan fingerprint density at radius 2 is 1.92 bits per heavy atom. The van der Waals surface area contributed by atoms with Crippen molar-refractivity contribution in [3.05, 3.63) is 87.7 Å². The zero-order chi connectivity index (χ0) is 24.5. The number of aryl methyl sites for hydroxylation is 1. The van der Waals surface area contributed by atoms with Gasteiger partial charge in [-0.2, -0.15) is 0 Å². The van der Waals surface area contributed by atoms with Crippen LogP contribution in [0.1, 0.15) is 47.9 Å². The van der Waals surface area contributed by atoms with Gasteiger partial charge in [0.15, 0.2) is 0 Å². The third-order valence-corrected chi connectivity index (χ3v) is 8.25. The number of hydrogen-bond donors (Lipinski definition) is 2. The van der Waals surface area contributed by atoms with Gasteiger partial charge in [0.2, 0.25) is 0 Å². The number of nitrogens with one attached hydrogen (secondary N) is 2. The number of pyridine rings is 2. The lowest BCUT2D eigenvalue weighted by Crippen LogP contribution is -2.34. The van der Waals surface area contributed by atoms with Crippen molar-refractivity contribution >= 4 is 34.2 Å².